The van der Waals surface area contributed by atoms with Crippen molar-refractivity contribution in [2.75, 3.05) is 13.2 Å². The van der Waals surface area contributed by atoms with Gasteiger partial charge < -0.3 is 45.1 Å². The van der Waals surface area contributed by atoms with Gasteiger partial charge in [-0.05, 0) is 103 Å². The fraction of sp³-hybridized carbons (Fsp3) is 0.743. The molecule has 0 radical (unpaired) electrons. The average molecular weight is 1140 g/mol. The van der Waals surface area contributed by atoms with Crippen molar-refractivity contribution in [2.45, 2.75) is 320 Å². The second-order valence-corrected chi connectivity index (χ2v) is 22.5. The molecule has 8 unspecified atom stereocenters. The molecule has 1 aliphatic rings. The molecule has 1 saturated heterocycles. The maximum atomic E-state index is 13.4. The summed E-state index contributed by atoms with van der Waals surface area (Å²) in [6, 6.07) is -1.04. The van der Waals surface area contributed by atoms with Crippen LogP contribution in [0.2, 0.25) is 0 Å². The highest BCUT2D eigenvalue weighted by Gasteiger charge is 2.47. The number of nitrogens with one attached hydrogen (secondary N) is 1. The topological polar surface area (TPSA) is 175 Å². The number of rotatable bonds is 55. The van der Waals surface area contributed by atoms with Gasteiger partial charge in [0.1, 0.15) is 24.4 Å². The van der Waals surface area contributed by atoms with Crippen molar-refractivity contribution in [2.24, 2.45) is 0 Å². The number of carbonyl (C=O) groups is 2. The third-order valence-corrected chi connectivity index (χ3v) is 15.0. The monoisotopic (exact) mass is 1140 g/mol. The zero-order valence-electron chi connectivity index (χ0n) is 51.6. The lowest BCUT2D eigenvalue weighted by molar-refractivity contribution is -0.305. The first-order valence-electron chi connectivity index (χ1n) is 33.0. The SMILES string of the molecule is CCCCC/C=C\C/C=C\C/C=C\C/C=C\CCCC(=O)OC1C(OCC(NC(=O)C(O)CCCCCCCCCCCCC/C=C\C/C=C\C/C=C\CCCCC)C(O)/C=C/CCCCCCCCCCC)OC(CO)C(O)C1O. The smallest absolute Gasteiger partial charge is 0.306 e. The van der Waals surface area contributed by atoms with Gasteiger partial charge in [-0.1, -0.05) is 259 Å². The molecule has 0 aliphatic carbocycles. The van der Waals surface area contributed by atoms with Gasteiger partial charge in [-0.15, -0.1) is 0 Å². The molecule has 1 fully saturated rings. The minimum atomic E-state index is -1.64. The molecular formula is C70H121NO10. The molecule has 1 rings (SSSR count). The second kappa shape index (κ2) is 57.0. The Kier molecular flexibility index (Phi) is 53.2. The van der Waals surface area contributed by atoms with Gasteiger partial charge in [0.15, 0.2) is 12.4 Å². The van der Waals surface area contributed by atoms with Crippen LogP contribution in [0.1, 0.15) is 271 Å². The van der Waals surface area contributed by atoms with Crippen LogP contribution < -0.4 is 5.32 Å². The molecule has 6 N–H and O–H groups in total. The summed E-state index contributed by atoms with van der Waals surface area (Å²) in [5.74, 6) is -1.26. The number of allylic oxidation sites excluding steroid dienone is 15. The first-order chi connectivity index (χ1) is 39.7. The van der Waals surface area contributed by atoms with Crippen LogP contribution >= 0.6 is 0 Å². The van der Waals surface area contributed by atoms with E-state index >= 15 is 0 Å². The molecule has 0 aromatic rings. The number of aliphatic hydroxyl groups excluding tert-OH is 5. The van der Waals surface area contributed by atoms with Gasteiger partial charge in [-0.3, -0.25) is 9.59 Å². The van der Waals surface area contributed by atoms with Crippen LogP contribution in [0.15, 0.2) is 97.2 Å². The van der Waals surface area contributed by atoms with Gasteiger partial charge >= 0.3 is 5.97 Å². The number of hydrogen-bond acceptors (Lipinski definition) is 10. The van der Waals surface area contributed by atoms with E-state index in [-0.39, 0.29) is 19.4 Å². The van der Waals surface area contributed by atoms with Crippen molar-refractivity contribution in [3.63, 3.8) is 0 Å². The van der Waals surface area contributed by atoms with Gasteiger partial charge in [0.05, 0.1) is 25.4 Å². The van der Waals surface area contributed by atoms with Crippen molar-refractivity contribution in [3.05, 3.63) is 97.2 Å². The number of hydrogen-bond donors (Lipinski definition) is 6. The van der Waals surface area contributed by atoms with Crippen LogP contribution in [0, 0.1) is 0 Å². The number of carbonyl (C=O) groups excluding carboxylic acids is 2. The van der Waals surface area contributed by atoms with Gasteiger partial charge in [-0.2, -0.15) is 0 Å². The predicted molar refractivity (Wildman–Crippen MR) is 338 cm³/mol. The minimum Gasteiger partial charge on any atom is -0.454 e. The van der Waals surface area contributed by atoms with Crippen LogP contribution in [0.25, 0.3) is 0 Å². The maximum absolute atomic E-state index is 13.4. The highest BCUT2D eigenvalue weighted by Crippen LogP contribution is 2.26. The van der Waals surface area contributed by atoms with Crippen molar-refractivity contribution in [1.82, 2.24) is 5.32 Å². The van der Waals surface area contributed by atoms with E-state index in [0.717, 1.165) is 89.9 Å². The molecule has 11 nitrogen and oxygen atoms in total. The van der Waals surface area contributed by atoms with Crippen LogP contribution in [0.4, 0.5) is 0 Å². The van der Waals surface area contributed by atoms with Crippen molar-refractivity contribution in [1.29, 1.82) is 0 Å². The van der Waals surface area contributed by atoms with Crippen LogP contribution in [0.5, 0.6) is 0 Å². The molecule has 466 valence electrons. The predicted octanol–water partition coefficient (Wildman–Crippen LogP) is 16.3. The lowest BCUT2D eigenvalue weighted by Gasteiger charge is -2.41. The molecule has 0 bridgehead atoms. The van der Waals surface area contributed by atoms with E-state index < -0.39 is 67.4 Å². The quantitative estimate of drug-likeness (QED) is 0.0195. The molecular weight excluding hydrogens is 1010 g/mol. The molecule has 1 aliphatic heterocycles. The zero-order valence-corrected chi connectivity index (χ0v) is 51.6. The van der Waals surface area contributed by atoms with E-state index in [0.29, 0.717) is 19.3 Å². The molecule has 0 aromatic carbocycles. The Labute approximate surface area is 495 Å². The Balaban J connectivity index is 2.63. The summed E-state index contributed by atoms with van der Waals surface area (Å²) < 4.78 is 17.6. The maximum Gasteiger partial charge on any atom is 0.306 e. The number of esters is 1. The summed E-state index contributed by atoms with van der Waals surface area (Å²) in [4.78, 5) is 26.6. The van der Waals surface area contributed by atoms with E-state index in [4.69, 9.17) is 14.2 Å². The summed E-state index contributed by atoms with van der Waals surface area (Å²) in [6.45, 7) is 5.70. The first kappa shape index (κ1) is 75.6. The Bertz CT molecular complexity index is 1690. The molecule has 0 spiro atoms. The number of amides is 1. The van der Waals surface area contributed by atoms with E-state index in [2.05, 4.69) is 105 Å². The van der Waals surface area contributed by atoms with E-state index in [9.17, 15) is 35.1 Å². The number of aliphatic hydroxyl groups is 5. The average Bonchev–Trinajstić information content (AvgIpc) is 3.52. The fourth-order valence-corrected chi connectivity index (χ4v) is 9.71. The Morgan fingerprint density at radius 3 is 1.30 bits per heavy atom. The Morgan fingerprint density at radius 2 is 0.852 bits per heavy atom. The van der Waals surface area contributed by atoms with Gasteiger partial charge in [-0.25, -0.2) is 0 Å². The summed E-state index contributed by atoms with van der Waals surface area (Å²) in [5.41, 5.74) is 0. The van der Waals surface area contributed by atoms with Crippen molar-refractivity contribution < 1.29 is 49.3 Å². The van der Waals surface area contributed by atoms with Gasteiger partial charge in [0.25, 0.3) is 0 Å². The largest absolute Gasteiger partial charge is 0.454 e. The highest BCUT2D eigenvalue weighted by atomic mass is 16.7. The molecule has 8 atom stereocenters. The summed E-state index contributed by atoms with van der Waals surface area (Å²) in [6.07, 6.45) is 65.9. The van der Waals surface area contributed by atoms with Crippen LogP contribution in [-0.2, 0) is 23.8 Å². The van der Waals surface area contributed by atoms with Crippen LogP contribution in [-0.4, -0.2) is 99.6 Å². The lowest BCUT2D eigenvalue weighted by Crippen LogP contribution is -2.61. The van der Waals surface area contributed by atoms with Crippen LogP contribution in [0.3, 0.4) is 0 Å². The third-order valence-electron chi connectivity index (χ3n) is 15.0. The lowest BCUT2D eigenvalue weighted by atomic mass is 9.99. The van der Waals surface area contributed by atoms with E-state index in [1.807, 2.05) is 12.2 Å². The molecule has 0 aromatic heterocycles. The summed E-state index contributed by atoms with van der Waals surface area (Å²) in [7, 11) is 0. The van der Waals surface area contributed by atoms with E-state index in [1.54, 1.807) is 6.08 Å². The van der Waals surface area contributed by atoms with E-state index in [1.165, 1.54) is 128 Å². The second-order valence-electron chi connectivity index (χ2n) is 22.5. The summed E-state index contributed by atoms with van der Waals surface area (Å²) in [5, 5.41) is 57.0. The normalized spacial score (nSPS) is 19.3. The molecule has 1 amide bonds. The Morgan fingerprint density at radius 1 is 0.481 bits per heavy atom. The molecule has 1 heterocycles. The van der Waals surface area contributed by atoms with Crippen molar-refractivity contribution in [3.8, 4) is 0 Å². The fourth-order valence-electron chi connectivity index (χ4n) is 9.71. The number of ether oxygens (including phenoxy) is 3. The zero-order chi connectivity index (χ0) is 58.9. The molecule has 11 heteroatoms. The minimum absolute atomic E-state index is 0.0440. The van der Waals surface area contributed by atoms with Crippen molar-refractivity contribution >= 4 is 11.9 Å². The number of unbranched alkanes of at least 4 members (excludes halogenated alkanes) is 27. The third kappa shape index (κ3) is 44.7. The van der Waals surface area contributed by atoms with Gasteiger partial charge in [0.2, 0.25) is 5.91 Å². The Hall–Kier alpha value is -3.42. The summed E-state index contributed by atoms with van der Waals surface area (Å²) >= 11 is 0. The standard InChI is InChI=1S/C70H121NO10/c1-4-7-10-13-16-19-22-24-26-28-29-30-31-32-33-34-36-37-39-42-45-48-51-54-57-63(74)69(78)71-61(62(73)56-53-50-47-44-41-21-18-15-12-9-6-3)60-79-70-68(67(77)66(76)64(59-72)80-70)81-65(75)58-55-52-49-46-43-40-38-35-27-25-23-20-17-14-11-8-5-2/h16-17,19-20,24-27,29-30,38,40,46,49,53,56,61-64,66-68,70,72-74,76-77H,4-15,18,21-23,28,31-37,39,41-45,47-48,50-52,54-55,57-60H2,1-3H3,(H,71,78)/b19-16-,20-17-,26-24-,27-25-,30-29-,40-38-,49-46-,56-53+. The first-order valence-corrected chi connectivity index (χ1v) is 33.0. The highest BCUT2D eigenvalue weighted by molar-refractivity contribution is 5.80. The molecule has 81 heavy (non-hydrogen) atoms. The molecule has 0 saturated carbocycles. The van der Waals surface area contributed by atoms with Gasteiger partial charge in [0, 0.05) is 6.42 Å².